The van der Waals surface area contributed by atoms with Gasteiger partial charge in [-0.25, -0.2) is 9.37 Å². The third-order valence-corrected chi connectivity index (χ3v) is 1.51. The standard InChI is InChI=1S/C5H2BrF2N/c6-4-3(7)1-2-9-5(4)8/h1-2H. The number of hydrogen-bond acceptors (Lipinski definition) is 1. The number of pyridine rings is 1. The lowest BCUT2D eigenvalue weighted by atomic mass is 10.5. The maximum Gasteiger partial charge on any atom is 0.230 e. The summed E-state index contributed by atoms with van der Waals surface area (Å²) in [6.45, 7) is 0. The molecule has 1 aromatic rings. The van der Waals surface area contributed by atoms with Gasteiger partial charge in [0, 0.05) is 6.20 Å². The molecule has 0 spiro atoms. The van der Waals surface area contributed by atoms with Crippen LogP contribution in [0, 0.1) is 11.8 Å². The van der Waals surface area contributed by atoms with E-state index in [1.807, 2.05) is 0 Å². The topological polar surface area (TPSA) is 12.9 Å². The Morgan fingerprint density at radius 2 is 2.11 bits per heavy atom. The molecule has 0 unspecified atom stereocenters. The second-order valence-corrected chi connectivity index (χ2v) is 2.19. The van der Waals surface area contributed by atoms with E-state index in [0.29, 0.717) is 0 Å². The van der Waals surface area contributed by atoms with Crippen molar-refractivity contribution in [3.05, 3.63) is 28.5 Å². The van der Waals surface area contributed by atoms with E-state index < -0.39 is 11.8 Å². The second kappa shape index (κ2) is 2.39. The molecule has 0 aliphatic rings. The molecule has 1 aromatic heterocycles. The molecule has 0 amide bonds. The average Bonchev–Trinajstić information content (AvgIpc) is 1.83. The Kier molecular flexibility index (Phi) is 1.75. The maximum atomic E-state index is 12.3. The van der Waals surface area contributed by atoms with Crippen molar-refractivity contribution in [2.24, 2.45) is 0 Å². The summed E-state index contributed by atoms with van der Waals surface area (Å²) in [5.74, 6) is -1.46. The van der Waals surface area contributed by atoms with Gasteiger partial charge >= 0.3 is 0 Å². The van der Waals surface area contributed by atoms with Crippen LogP contribution in [0.1, 0.15) is 0 Å². The lowest BCUT2D eigenvalue weighted by Crippen LogP contribution is -1.85. The van der Waals surface area contributed by atoms with Gasteiger partial charge in [-0.05, 0) is 22.0 Å². The van der Waals surface area contributed by atoms with Gasteiger partial charge in [0.1, 0.15) is 10.3 Å². The van der Waals surface area contributed by atoms with Gasteiger partial charge in [0.2, 0.25) is 5.95 Å². The van der Waals surface area contributed by atoms with Crippen molar-refractivity contribution in [3.8, 4) is 0 Å². The predicted molar refractivity (Wildman–Crippen MR) is 31.9 cm³/mol. The zero-order valence-corrected chi connectivity index (χ0v) is 5.82. The minimum Gasteiger partial charge on any atom is -0.227 e. The van der Waals surface area contributed by atoms with Gasteiger partial charge in [0.25, 0.3) is 0 Å². The van der Waals surface area contributed by atoms with E-state index >= 15 is 0 Å². The molecule has 1 nitrogen and oxygen atoms in total. The van der Waals surface area contributed by atoms with Crippen molar-refractivity contribution < 1.29 is 8.78 Å². The van der Waals surface area contributed by atoms with E-state index in [0.717, 1.165) is 12.3 Å². The molecule has 0 atom stereocenters. The number of rotatable bonds is 0. The van der Waals surface area contributed by atoms with Crippen molar-refractivity contribution in [2.45, 2.75) is 0 Å². The Labute approximate surface area is 58.8 Å². The van der Waals surface area contributed by atoms with Crippen LogP contribution >= 0.6 is 15.9 Å². The fourth-order valence-corrected chi connectivity index (χ4v) is 0.631. The Morgan fingerprint density at radius 3 is 2.56 bits per heavy atom. The summed E-state index contributed by atoms with van der Waals surface area (Å²) in [6.07, 6.45) is 1.06. The highest BCUT2D eigenvalue weighted by molar-refractivity contribution is 9.10. The smallest absolute Gasteiger partial charge is 0.227 e. The highest BCUT2D eigenvalue weighted by Gasteiger charge is 2.03. The molecule has 0 aliphatic carbocycles. The first-order valence-electron chi connectivity index (χ1n) is 2.17. The second-order valence-electron chi connectivity index (χ2n) is 1.40. The van der Waals surface area contributed by atoms with Crippen LogP contribution in [0.25, 0.3) is 0 Å². The van der Waals surface area contributed by atoms with Crippen molar-refractivity contribution in [1.29, 1.82) is 0 Å². The van der Waals surface area contributed by atoms with Crippen LogP contribution in [0.4, 0.5) is 8.78 Å². The number of hydrogen-bond donors (Lipinski definition) is 0. The zero-order valence-electron chi connectivity index (χ0n) is 4.24. The first-order chi connectivity index (χ1) is 4.22. The van der Waals surface area contributed by atoms with Crippen LogP contribution < -0.4 is 0 Å². The molecule has 0 aromatic carbocycles. The predicted octanol–water partition coefficient (Wildman–Crippen LogP) is 2.12. The van der Waals surface area contributed by atoms with Crippen LogP contribution in [-0.2, 0) is 0 Å². The summed E-state index contributed by atoms with van der Waals surface area (Å²) in [5, 5.41) is 0. The zero-order chi connectivity index (χ0) is 6.85. The summed E-state index contributed by atoms with van der Waals surface area (Å²) >= 11 is 2.67. The largest absolute Gasteiger partial charge is 0.230 e. The van der Waals surface area contributed by atoms with Gasteiger partial charge in [-0.3, -0.25) is 0 Å². The fourth-order valence-electron chi connectivity index (χ4n) is 0.397. The SMILES string of the molecule is Fc1ccnc(F)c1Br. The average molecular weight is 194 g/mol. The minimum atomic E-state index is -0.824. The fraction of sp³-hybridized carbons (Fsp3) is 0. The molecule has 0 bridgehead atoms. The van der Waals surface area contributed by atoms with E-state index in [-0.39, 0.29) is 4.47 Å². The molecular formula is C5H2BrF2N. The summed E-state index contributed by atoms with van der Waals surface area (Å²) in [5.41, 5.74) is 0. The van der Waals surface area contributed by atoms with Gasteiger partial charge in [-0.1, -0.05) is 0 Å². The molecule has 0 fully saturated rings. The van der Waals surface area contributed by atoms with Gasteiger partial charge < -0.3 is 0 Å². The summed E-state index contributed by atoms with van der Waals surface area (Å²) in [7, 11) is 0. The summed E-state index contributed by atoms with van der Waals surface area (Å²) in [6, 6.07) is 1.08. The van der Waals surface area contributed by atoms with Crippen LogP contribution in [0.3, 0.4) is 0 Å². The normalized spacial score (nSPS) is 9.67. The van der Waals surface area contributed by atoms with E-state index in [1.165, 1.54) is 0 Å². The summed E-state index contributed by atoms with van der Waals surface area (Å²) < 4.78 is 24.2. The van der Waals surface area contributed by atoms with Crippen molar-refractivity contribution in [1.82, 2.24) is 4.98 Å². The third-order valence-electron chi connectivity index (χ3n) is 0.800. The Bertz CT molecular complexity index is 206. The molecule has 0 radical (unpaired) electrons. The van der Waals surface area contributed by atoms with E-state index in [2.05, 4.69) is 20.9 Å². The molecule has 0 N–H and O–H groups in total. The Balaban J connectivity index is 3.25. The van der Waals surface area contributed by atoms with Crippen LogP contribution in [0.5, 0.6) is 0 Å². The minimum absolute atomic E-state index is 0.218. The highest BCUT2D eigenvalue weighted by Crippen LogP contribution is 2.15. The number of aromatic nitrogens is 1. The molecule has 0 saturated heterocycles. The Morgan fingerprint density at radius 1 is 1.44 bits per heavy atom. The lowest BCUT2D eigenvalue weighted by Gasteiger charge is -1.91. The van der Waals surface area contributed by atoms with Gasteiger partial charge in [0.05, 0.1) is 0 Å². The Hall–Kier alpha value is -0.510. The number of nitrogens with zero attached hydrogens (tertiary/aromatic N) is 1. The molecule has 1 rings (SSSR count). The van der Waals surface area contributed by atoms with E-state index in [9.17, 15) is 8.78 Å². The molecule has 9 heavy (non-hydrogen) atoms. The van der Waals surface area contributed by atoms with Crippen molar-refractivity contribution in [3.63, 3.8) is 0 Å². The molecule has 4 heteroatoms. The maximum absolute atomic E-state index is 12.3. The molecule has 1 heterocycles. The molecular weight excluding hydrogens is 192 g/mol. The van der Waals surface area contributed by atoms with Gasteiger partial charge in [-0.2, -0.15) is 4.39 Å². The third kappa shape index (κ3) is 1.24. The van der Waals surface area contributed by atoms with E-state index in [4.69, 9.17) is 0 Å². The highest BCUT2D eigenvalue weighted by atomic mass is 79.9. The molecule has 0 aliphatic heterocycles. The van der Waals surface area contributed by atoms with Gasteiger partial charge in [-0.15, -0.1) is 0 Å². The van der Waals surface area contributed by atoms with E-state index in [1.54, 1.807) is 0 Å². The monoisotopic (exact) mass is 193 g/mol. The van der Waals surface area contributed by atoms with Crippen LogP contribution in [0.2, 0.25) is 0 Å². The quantitative estimate of drug-likeness (QED) is 0.576. The van der Waals surface area contributed by atoms with Crippen molar-refractivity contribution in [2.75, 3.05) is 0 Å². The van der Waals surface area contributed by atoms with Crippen molar-refractivity contribution >= 4 is 15.9 Å². The first kappa shape index (κ1) is 6.61. The van der Waals surface area contributed by atoms with Gasteiger partial charge in [0.15, 0.2) is 0 Å². The van der Waals surface area contributed by atoms with Crippen LogP contribution in [-0.4, -0.2) is 4.98 Å². The molecule has 0 saturated carbocycles. The lowest BCUT2D eigenvalue weighted by molar-refractivity contribution is 0.540. The number of halogens is 3. The first-order valence-corrected chi connectivity index (χ1v) is 2.96. The van der Waals surface area contributed by atoms with Crippen LogP contribution in [0.15, 0.2) is 16.7 Å². The summed E-state index contributed by atoms with van der Waals surface area (Å²) in [4.78, 5) is 3.19. The molecule has 48 valence electrons.